The van der Waals surface area contributed by atoms with Crippen molar-refractivity contribution in [3.8, 4) is 0 Å². The van der Waals surface area contributed by atoms with Crippen molar-refractivity contribution in [1.29, 1.82) is 0 Å². The third-order valence-corrected chi connectivity index (χ3v) is 5.22. The molecule has 0 aromatic rings. The molecule has 1 saturated carbocycles. The van der Waals surface area contributed by atoms with E-state index in [1.165, 1.54) is 11.6 Å². The predicted octanol–water partition coefficient (Wildman–Crippen LogP) is 4.45. The van der Waals surface area contributed by atoms with E-state index in [4.69, 9.17) is 4.74 Å². The molecule has 2 rings (SSSR count). The second-order valence-corrected chi connectivity index (χ2v) is 7.64. The zero-order valence-corrected chi connectivity index (χ0v) is 15.1. The van der Waals surface area contributed by atoms with Crippen LogP contribution in [0.4, 0.5) is 0 Å². The first-order valence-corrected chi connectivity index (χ1v) is 8.43. The zero-order chi connectivity index (χ0) is 17.4. The molecule has 0 saturated heterocycles. The van der Waals surface area contributed by atoms with Crippen LogP contribution in [0.2, 0.25) is 0 Å². The Bertz CT molecular complexity index is 588. The van der Waals surface area contributed by atoms with E-state index in [2.05, 4.69) is 19.9 Å². The molecule has 0 aliphatic heterocycles. The molecule has 0 radical (unpaired) electrons. The minimum Gasteiger partial charge on any atom is -0.430 e. The number of ketones is 1. The van der Waals surface area contributed by atoms with Crippen LogP contribution in [0, 0.1) is 29.1 Å². The van der Waals surface area contributed by atoms with Gasteiger partial charge in [-0.2, -0.15) is 0 Å². The number of carbonyl (C=O) groups is 2. The van der Waals surface area contributed by atoms with Crippen molar-refractivity contribution < 1.29 is 14.3 Å². The van der Waals surface area contributed by atoms with Crippen LogP contribution < -0.4 is 0 Å². The first kappa shape index (κ1) is 17.7. The minimum atomic E-state index is -0.199. The van der Waals surface area contributed by atoms with E-state index < -0.39 is 0 Å². The van der Waals surface area contributed by atoms with Gasteiger partial charge >= 0.3 is 5.97 Å². The number of esters is 1. The second-order valence-electron chi connectivity index (χ2n) is 7.64. The Balaban J connectivity index is 2.03. The van der Waals surface area contributed by atoms with Gasteiger partial charge in [-0.05, 0) is 38.5 Å². The highest BCUT2D eigenvalue weighted by Crippen LogP contribution is 2.60. The van der Waals surface area contributed by atoms with Crippen molar-refractivity contribution in [3.63, 3.8) is 0 Å². The molecule has 0 heterocycles. The van der Waals surface area contributed by atoms with Crippen LogP contribution in [0.1, 0.15) is 48.0 Å². The largest absolute Gasteiger partial charge is 0.430 e. The summed E-state index contributed by atoms with van der Waals surface area (Å²) in [5, 5.41) is 0. The summed E-state index contributed by atoms with van der Waals surface area (Å²) < 4.78 is 5.62. The summed E-state index contributed by atoms with van der Waals surface area (Å²) in [5.41, 5.74) is 1.15. The summed E-state index contributed by atoms with van der Waals surface area (Å²) in [4.78, 5) is 24.6. The van der Waals surface area contributed by atoms with Crippen molar-refractivity contribution in [3.05, 3.63) is 35.6 Å². The molecule has 126 valence electrons. The molecular weight excluding hydrogens is 288 g/mol. The Labute approximate surface area is 139 Å². The van der Waals surface area contributed by atoms with Gasteiger partial charge in [-0.3, -0.25) is 9.59 Å². The number of ether oxygens (including phenoxy) is 1. The SMILES string of the molecule is CC=CCC1C(=O)C=C(OC(=O)[C@@H]2[C@@H](C=C(C)C)C2(C)C)C1C. The molecule has 3 nitrogen and oxygen atoms in total. The molecule has 2 unspecified atom stereocenters. The Hall–Kier alpha value is -1.64. The Morgan fingerprint density at radius 1 is 1.35 bits per heavy atom. The first-order valence-electron chi connectivity index (χ1n) is 8.43. The number of hydrogen-bond donors (Lipinski definition) is 0. The Morgan fingerprint density at radius 3 is 2.57 bits per heavy atom. The molecule has 23 heavy (non-hydrogen) atoms. The van der Waals surface area contributed by atoms with Gasteiger partial charge in [0.05, 0.1) is 5.92 Å². The average molecular weight is 316 g/mol. The summed E-state index contributed by atoms with van der Waals surface area (Å²) >= 11 is 0. The highest BCUT2D eigenvalue weighted by Gasteiger charge is 2.61. The molecule has 0 aromatic heterocycles. The summed E-state index contributed by atoms with van der Waals surface area (Å²) in [7, 11) is 0. The van der Waals surface area contributed by atoms with Crippen LogP contribution in [0.15, 0.2) is 35.6 Å². The minimum absolute atomic E-state index is 0.0357. The third-order valence-electron chi connectivity index (χ3n) is 5.22. The zero-order valence-electron chi connectivity index (χ0n) is 15.1. The van der Waals surface area contributed by atoms with Crippen LogP contribution in [-0.4, -0.2) is 11.8 Å². The molecule has 0 N–H and O–H groups in total. The van der Waals surface area contributed by atoms with Gasteiger partial charge in [0.25, 0.3) is 0 Å². The maximum Gasteiger partial charge on any atom is 0.315 e. The van der Waals surface area contributed by atoms with E-state index in [9.17, 15) is 9.59 Å². The molecule has 0 bridgehead atoms. The molecular formula is C20H28O3. The van der Waals surface area contributed by atoms with E-state index in [0.29, 0.717) is 12.2 Å². The molecule has 4 atom stereocenters. The topological polar surface area (TPSA) is 43.4 Å². The van der Waals surface area contributed by atoms with E-state index in [1.54, 1.807) is 0 Å². The molecule has 0 spiro atoms. The smallest absolute Gasteiger partial charge is 0.315 e. The Kier molecular flexibility index (Phi) is 4.98. The summed E-state index contributed by atoms with van der Waals surface area (Å²) in [6.45, 7) is 12.2. The van der Waals surface area contributed by atoms with E-state index in [-0.39, 0.29) is 40.8 Å². The van der Waals surface area contributed by atoms with Gasteiger partial charge < -0.3 is 4.74 Å². The van der Waals surface area contributed by atoms with Crippen molar-refractivity contribution in [2.24, 2.45) is 29.1 Å². The van der Waals surface area contributed by atoms with Crippen molar-refractivity contribution in [2.75, 3.05) is 0 Å². The standard InChI is InChI=1S/C20H28O3/c1-7-8-9-14-13(4)17(11-16(14)21)23-19(22)18-15(10-12(2)3)20(18,5)6/h7-8,10-11,13-15,18H,9H2,1-6H3/t13?,14?,15-,18+/m1/s1. The maximum atomic E-state index is 12.5. The van der Waals surface area contributed by atoms with Crippen LogP contribution in [0.25, 0.3) is 0 Å². The number of allylic oxidation sites excluding steroid dienone is 6. The number of carbonyl (C=O) groups excluding carboxylic acids is 2. The van der Waals surface area contributed by atoms with Gasteiger partial charge in [0.1, 0.15) is 5.76 Å². The van der Waals surface area contributed by atoms with Crippen LogP contribution in [0.3, 0.4) is 0 Å². The van der Waals surface area contributed by atoms with Crippen molar-refractivity contribution >= 4 is 11.8 Å². The highest BCUT2D eigenvalue weighted by atomic mass is 16.5. The lowest BCUT2D eigenvalue weighted by molar-refractivity contribution is -0.142. The van der Waals surface area contributed by atoms with E-state index in [0.717, 1.165) is 0 Å². The quantitative estimate of drug-likeness (QED) is 0.556. The lowest BCUT2D eigenvalue weighted by Crippen LogP contribution is -2.17. The molecule has 0 amide bonds. The van der Waals surface area contributed by atoms with Crippen molar-refractivity contribution in [2.45, 2.75) is 48.0 Å². The second kappa shape index (κ2) is 6.46. The Morgan fingerprint density at radius 2 is 2.00 bits per heavy atom. The average Bonchev–Trinajstić information content (AvgIpc) is 2.86. The van der Waals surface area contributed by atoms with Gasteiger partial charge in [0, 0.05) is 17.9 Å². The molecule has 2 aliphatic carbocycles. The third kappa shape index (κ3) is 3.49. The predicted molar refractivity (Wildman–Crippen MR) is 91.5 cm³/mol. The monoisotopic (exact) mass is 316 g/mol. The molecule has 0 aromatic carbocycles. The van der Waals surface area contributed by atoms with Crippen LogP contribution in [-0.2, 0) is 14.3 Å². The molecule has 1 fully saturated rings. The van der Waals surface area contributed by atoms with E-state index in [1.807, 2.05) is 39.8 Å². The van der Waals surface area contributed by atoms with Crippen molar-refractivity contribution in [1.82, 2.24) is 0 Å². The summed E-state index contributed by atoms with van der Waals surface area (Å²) in [5.74, 6) is 0.376. The van der Waals surface area contributed by atoms with Crippen LogP contribution in [0.5, 0.6) is 0 Å². The lowest BCUT2D eigenvalue weighted by Gasteiger charge is -2.16. The van der Waals surface area contributed by atoms with Gasteiger partial charge in [0.2, 0.25) is 0 Å². The number of rotatable bonds is 5. The van der Waals surface area contributed by atoms with Gasteiger partial charge in [0.15, 0.2) is 5.78 Å². The molecule has 2 aliphatic rings. The van der Waals surface area contributed by atoms with Gasteiger partial charge in [-0.15, -0.1) is 0 Å². The maximum absolute atomic E-state index is 12.5. The van der Waals surface area contributed by atoms with Gasteiger partial charge in [-0.1, -0.05) is 44.6 Å². The lowest BCUT2D eigenvalue weighted by atomic mass is 9.92. The fourth-order valence-corrected chi connectivity index (χ4v) is 3.53. The van der Waals surface area contributed by atoms with Crippen LogP contribution >= 0.6 is 0 Å². The normalized spacial score (nSPS) is 31.9. The summed E-state index contributed by atoms with van der Waals surface area (Å²) in [6, 6.07) is 0. The fourth-order valence-electron chi connectivity index (χ4n) is 3.53. The molecule has 3 heteroatoms. The van der Waals surface area contributed by atoms with E-state index >= 15 is 0 Å². The number of hydrogen-bond acceptors (Lipinski definition) is 3. The fraction of sp³-hybridized carbons (Fsp3) is 0.600. The first-order chi connectivity index (χ1) is 10.7. The highest BCUT2D eigenvalue weighted by molar-refractivity contribution is 5.96. The summed E-state index contributed by atoms with van der Waals surface area (Å²) in [6.07, 6.45) is 8.30. The van der Waals surface area contributed by atoms with Gasteiger partial charge in [-0.25, -0.2) is 0 Å².